The minimum absolute atomic E-state index is 0.0652. The van der Waals surface area contributed by atoms with Crippen molar-refractivity contribution in [2.24, 2.45) is 0 Å². The Morgan fingerprint density at radius 1 is 1.65 bits per heavy atom. The molecule has 0 saturated heterocycles. The highest BCUT2D eigenvalue weighted by Crippen LogP contribution is 2.30. The Morgan fingerprint density at radius 2 is 2.29 bits per heavy atom. The molecule has 0 atom stereocenters. The largest absolute Gasteiger partial charge is 0.469 e. The molecule has 94 valence electrons. The number of anilines is 1. The molecule has 0 aliphatic heterocycles. The molecule has 0 bridgehead atoms. The van der Waals surface area contributed by atoms with E-state index in [0.29, 0.717) is 0 Å². The van der Waals surface area contributed by atoms with Gasteiger partial charge in [0, 0.05) is 10.9 Å². The van der Waals surface area contributed by atoms with Gasteiger partial charge in [-0.05, 0) is 5.56 Å². The van der Waals surface area contributed by atoms with Crippen molar-refractivity contribution in [3.8, 4) is 0 Å². The monoisotopic (exact) mass is 308 g/mol. The van der Waals surface area contributed by atoms with Crippen molar-refractivity contribution >= 4 is 27.6 Å². The van der Waals surface area contributed by atoms with Crippen LogP contribution in [-0.2, 0) is 21.3 Å². The molecule has 0 fully saturated rings. The van der Waals surface area contributed by atoms with Crippen LogP contribution in [0.4, 0.5) is 14.5 Å². The zero-order valence-electron chi connectivity index (χ0n) is 9.04. The topological polar surface area (TPSA) is 65.2 Å². The Labute approximate surface area is 105 Å². The maximum atomic E-state index is 12.9. The summed E-state index contributed by atoms with van der Waals surface area (Å²) >= 11 is 3.07. The van der Waals surface area contributed by atoms with Gasteiger partial charge in [0.25, 0.3) is 6.43 Å². The van der Waals surface area contributed by atoms with E-state index in [1.54, 1.807) is 0 Å². The van der Waals surface area contributed by atoms with E-state index in [0.717, 1.165) is 0 Å². The van der Waals surface area contributed by atoms with Crippen LogP contribution in [0.15, 0.2) is 6.20 Å². The van der Waals surface area contributed by atoms with Gasteiger partial charge in [0.15, 0.2) is 0 Å². The van der Waals surface area contributed by atoms with E-state index in [-0.39, 0.29) is 34.3 Å². The van der Waals surface area contributed by atoms with Gasteiger partial charge in [-0.2, -0.15) is 0 Å². The predicted octanol–water partition coefficient (Wildman–Crippen LogP) is 2.21. The Morgan fingerprint density at radius 3 is 2.76 bits per heavy atom. The van der Waals surface area contributed by atoms with Gasteiger partial charge in [-0.25, -0.2) is 8.78 Å². The van der Waals surface area contributed by atoms with Crippen LogP contribution in [0.25, 0.3) is 0 Å². The summed E-state index contributed by atoms with van der Waals surface area (Å²) in [7, 11) is 1.19. The first kappa shape index (κ1) is 13.8. The molecule has 0 aliphatic rings. The zero-order chi connectivity index (χ0) is 13.0. The Bertz CT molecular complexity index is 427. The molecule has 1 heterocycles. The second-order valence-electron chi connectivity index (χ2n) is 3.24. The van der Waals surface area contributed by atoms with Gasteiger partial charge >= 0.3 is 5.97 Å². The highest BCUT2D eigenvalue weighted by molar-refractivity contribution is 9.08. The van der Waals surface area contributed by atoms with Gasteiger partial charge in [-0.15, -0.1) is 0 Å². The fraction of sp³-hybridized carbons (Fsp3) is 0.400. The van der Waals surface area contributed by atoms with E-state index in [1.165, 1.54) is 13.3 Å². The first-order valence-corrected chi connectivity index (χ1v) is 5.80. The molecular weight excluding hydrogens is 298 g/mol. The third-order valence-corrected chi connectivity index (χ3v) is 2.77. The van der Waals surface area contributed by atoms with Gasteiger partial charge < -0.3 is 10.5 Å². The third-order valence-electron chi connectivity index (χ3n) is 2.24. The van der Waals surface area contributed by atoms with Gasteiger partial charge in [-0.1, -0.05) is 15.9 Å². The number of alkyl halides is 3. The molecule has 7 heteroatoms. The zero-order valence-corrected chi connectivity index (χ0v) is 10.6. The number of halogens is 3. The maximum Gasteiger partial charge on any atom is 0.310 e. The molecule has 0 aliphatic carbocycles. The van der Waals surface area contributed by atoms with Crippen LogP contribution in [0, 0.1) is 0 Å². The first-order chi connectivity index (χ1) is 8.01. The second-order valence-corrected chi connectivity index (χ2v) is 3.80. The maximum absolute atomic E-state index is 12.9. The van der Waals surface area contributed by atoms with Crippen LogP contribution < -0.4 is 5.73 Å². The van der Waals surface area contributed by atoms with Crippen molar-refractivity contribution in [2.45, 2.75) is 18.2 Å². The number of carbonyl (C=O) groups is 1. The summed E-state index contributed by atoms with van der Waals surface area (Å²) in [6.07, 6.45) is -1.76. The molecule has 17 heavy (non-hydrogen) atoms. The first-order valence-electron chi connectivity index (χ1n) is 4.68. The fourth-order valence-electron chi connectivity index (χ4n) is 1.40. The lowest BCUT2D eigenvalue weighted by Gasteiger charge is -2.13. The summed E-state index contributed by atoms with van der Waals surface area (Å²) in [5.41, 5.74) is 5.59. The summed E-state index contributed by atoms with van der Waals surface area (Å²) in [5.74, 6) is -0.620. The summed E-state index contributed by atoms with van der Waals surface area (Å²) in [6.45, 7) is 0. The van der Waals surface area contributed by atoms with Crippen molar-refractivity contribution < 1.29 is 18.3 Å². The molecule has 0 amide bonds. The lowest BCUT2D eigenvalue weighted by molar-refractivity contribution is -0.139. The van der Waals surface area contributed by atoms with E-state index in [4.69, 9.17) is 5.73 Å². The number of pyridine rings is 1. The number of nitrogens with zero attached hydrogens (tertiary/aromatic N) is 1. The summed E-state index contributed by atoms with van der Waals surface area (Å²) in [5, 5.41) is 0.168. The summed E-state index contributed by atoms with van der Waals surface area (Å²) in [6, 6.07) is 0. The van der Waals surface area contributed by atoms with Gasteiger partial charge in [-0.3, -0.25) is 9.78 Å². The lowest BCUT2D eigenvalue weighted by atomic mass is 10.0. The quantitative estimate of drug-likeness (QED) is 0.684. The number of rotatable bonds is 4. The SMILES string of the molecule is COC(=O)Cc1c(N)cnc(CBr)c1C(F)F. The Hall–Kier alpha value is -1.24. The molecule has 1 aromatic rings. The van der Waals surface area contributed by atoms with E-state index in [1.807, 2.05) is 0 Å². The van der Waals surface area contributed by atoms with Crippen molar-refractivity contribution in [3.05, 3.63) is 23.0 Å². The normalized spacial score (nSPS) is 10.6. The Balaban J connectivity index is 3.28. The highest BCUT2D eigenvalue weighted by atomic mass is 79.9. The second kappa shape index (κ2) is 5.90. The van der Waals surface area contributed by atoms with Gasteiger partial charge in [0.2, 0.25) is 0 Å². The van der Waals surface area contributed by atoms with Crippen molar-refractivity contribution in [2.75, 3.05) is 12.8 Å². The number of methoxy groups -OCH3 is 1. The predicted molar refractivity (Wildman–Crippen MR) is 62.0 cm³/mol. The minimum Gasteiger partial charge on any atom is -0.469 e. The van der Waals surface area contributed by atoms with Crippen LogP contribution in [0.2, 0.25) is 0 Å². The number of hydrogen-bond acceptors (Lipinski definition) is 4. The third kappa shape index (κ3) is 3.12. The molecule has 1 aromatic heterocycles. The van der Waals surface area contributed by atoms with E-state index in [9.17, 15) is 13.6 Å². The molecular formula is C10H11BrF2N2O2. The number of nitrogens with two attached hydrogens (primary N) is 1. The summed E-state index contributed by atoms with van der Waals surface area (Å²) < 4.78 is 30.3. The standard InChI is InChI=1S/C10H11BrF2N2O2/c1-17-8(16)2-5-6(14)4-15-7(3-11)9(5)10(12)13/h4,10H,2-3,14H2,1H3. The minimum atomic E-state index is -2.74. The van der Waals surface area contributed by atoms with Crippen LogP contribution in [-0.4, -0.2) is 18.1 Å². The van der Waals surface area contributed by atoms with Gasteiger partial charge in [0.05, 0.1) is 31.1 Å². The number of carbonyl (C=O) groups excluding carboxylic acids is 1. The molecule has 0 unspecified atom stereocenters. The number of ether oxygens (including phenoxy) is 1. The van der Waals surface area contributed by atoms with Crippen molar-refractivity contribution in [1.29, 1.82) is 0 Å². The van der Waals surface area contributed by atoms with Crippen LogP contribution >= 0.6 is 15.9 Å². The number of hydrogen-bond donors (Lipinski definition) is 1. The lowest BCUT2D eigenvalue weighted by Crippen LogP contribution is -2.12. The van der Waals surface area contributed by atoms with E-state index >= 15 is 0 Å². The molecule has 1 rings (SSSR count). The van der Waals surface area contributed by atoms with E-state index in [2.05, 4.69) is 25.7 Å². The molecule has 0 spiro atoms. The van der Waals surface area contributed by atoms with Crippen molar-refractivity contribution in [3.63, 3.8) is 0 Å². The molecule has 2 N–H and O–H groups in total. The molecule has 0 aromatic carbocycles. The number of nitrogen functional groups attached to an aromatic ring is 1. The van der Waals surface area contributed by atoms with Crippen LogP contribution in [0.3, 0.4) is 0 Å². The molecule has 0 radical (unpaired) electrons. The fourth-order valence-corrected chi connectivity index (χ4v) is 1.85. The summed E-state index contributed by atoms with van der Waals surface area (Å²) in [4.78, 5) is 15.0. The Kier molecular flexibility index (Phi) is 4.80. The average molecular weight is 309 g/mol. The van der Waals surface area contributed by atoms with Crippen LogP contribution in [0.5, 0.6) is 0 Å². The number of aromatic nitrogens is 1. The van der Waals surface area contributed by atoms with Crippen molar-refractivity contribution in [1.82, 2.24) is 4.98 Å². The highest BCUT2D eigenvalue weighted by Gasteiger charge is 2.22. The molecule has 0 saturated carbocycles. The number of esters is 1. The smallest absolute Gasteiger partial charge is 0.310 e. The molecule has 4 nitrogen and oxygen atoms in total. The van der Waals surface area contributed by atoms with E-state index < -0.39 is 12.4 Å². The van der Waals surface area contributed by atoms with Gasteiger partial charge in [0.1, 0.15) is 0 Å². The van der Waals surface area contributed by atoms with Crippen LogP contribution in [0.1, 0.15) is 23.2 Å². The average Bonchev–Trinajstić information content (AvgIpc) is 2.30.